The van der Waals surface area contributed by atoms with E-state index in [4.69, 9.17) is 5.73 Å². The number of rotatable bonds is 2. The number of thiol groups is 1. The minimum atomic E-state index is -0.394. The summed E-state index contributed by atoms with van der Waals surface area (Å²) in [6, 6.07) is 0.269. The van der Waals surface area contributed by atoms with Crippen LogP contribution in [0.25, 0.3) is 0 Å². The summed E-state index contributed by atoms with van der Waals surface area (Å²) in [5.74, 6) is -0.394. The van der Waals surface area contributed by atoms with E-state index < -0.39 is 5.91 Å². The molecule has 4 heteroatoms. The maximum absolute atomic E-state index is 10.3. The van der Waals surface area contributed by atoms with Gasteiger partial charge >= 0.3 is 0 Å². The lowest BCUT2D eigenvalue weighted by Gasteiger charge is -2.00. The lowest BCUT2D eigenvalue weighted by molar-refractivity contribution is -0.113. The van der Waals surface area contributed by atoms with Crippen molar-refractivity contribution in [1.82, 2.24) is 5.32 Å². The summed E-state index contributed by atoms with van der Waals surface area (Å²) in [4.78, 5) is 10.3. The summed E-state index contributed by atoms with van der Waals surface area (Å²) >= 11 is 4.28. The van der Waals surface area contributed by atoms with Gasteiger partial charge < -0.3 is 11.1 Å². The second kappa shape index (κ2) is 3.78. The van der Waals surface area contributed by atoms with Crippen molar-refractivity contribution < 1.29 is 4.79 Å². The molecule has 3 nitrogen and oxygen atoms in total. The fourth-order valence-corrected chi connectivity index (χ4v) is 1.44. The number of carbonyl (C=O) groups excluding carboxylic acids is 1. The number of nitrogens with one attached hydrogen (secondary N) is 1. The van der Waals surface area contributed by atoms with Crippen molar-refractivity contribution in [1.29, 1.82) is 0 Å². The molecule has 2 unspecified atom stereocenters. The molecule has 0 spiro atoms. The monoisotopic (exact) mass is 172 g/mol. The van der Waals surface area contributed by atoms with Gasteiger partial charge in [-0.05, 0) is 6.42 Å². The Bertz CT molecular complexity index is 181. The van der Waals surface area contributed by atoms with Crippen LogP contribution in [0.15, 0.2) is 12.2 Å². The fourth-order valence-electron chi connectivity index (χ4n) is 1.10. The van der Waals surface area contributed by atoms with Gasteiger partial charge in [-0.2, -0.15) is 12.6 Å². The van der Waals surface area contributed by atoms with E-state index in [-0.39, 0.29) is 6.04 Å². The summed E-state index contributed by atoms with van der Waals surface area (Å²) in [6.45, 7) is 0.900. The van der Waals surface area contributed by atoms with Gasteiger partial charge in [-0.3, -0.25) is 4.79 Å². The lowest BCUT2D eigenvalue weighted by Crippen LogP contribution is -2.19. The van der Waals surface area contributed by atoms with Crippen molar-refractivity contribution in [2.24, 2.45) is 5.73 Å². The first-order chi connectivity index (χ1) is 5.18. The van der Waals surface area contributed by atoms with Gasteiger partial charge in [0.2, 0.25) is 5.91 Å². The zero-order valence-electron chi connectivity index (χ0n) is 6.16. The molecule has 0 aromatic rings. The second-order valence-corrected chi connectivity index (χ2v) is 3.40. The summed E-state index contributed by atoms with van der Waals surface area (Å²) in [5.41, 5.74) is 4.93. The Labute approximate surface area is 71.4 Å². The number of nitrogens with two attached hydrogens (primary N) is 1. The van der Waals surface area contributed by atoms with Crippen LogP contribution in [0.5, 0.6) is 0 Å². The standard InChI is InChI=1S/C7H12N2OS/c8-7(10)2-1-5-3-6(11)4-9-5/h1-2,5-6,9,11H,3-4H2,(H2,8,10)/b2-1+. The number of hydrogen-bond acceptors (Lipinski definition) is 3. The summed E-state index contributed by atoms with van der Waals surface area (Å²) in [6.07, 6.45) is 4.15. The highest BCUT2D eigenvalue weighted by atomic mass is 32.1. The Morgan fingerprint density at radius 2 is 2.45 bits per heavy atom. The molecule has 0 aromatic carbocycles. The highest BCUT2D eigenvalue weighted by molar-refractivity contribution is 7.81. The van der Waals surface area contributed by atoms with Gasteiger partial charge in [-0.25, -0.2) is 0 Å². The molecular formula is C7H12N2OS. The lowest BCUT2D eigenvalue weighted by atomic mass is 10.2. The normalized spacial score (nSPS) is 31.4. The molecule has 1 fully saturated rings. The molecule has 1 aliphatic heterocycles. The van der Waals surface area contributed by atoms with Gasteiger partial charge in [-0.1, -0.05) is 6.08 Å². The molecule has 3 N–H and O–H groups in total. The van der Waals surface area contributed by atoms with E-state index >= 15 is 0 Å². The van der Waals surface area contributed by atoms with Crippen molar-refractivity contribution >= 4 is 18.5 Å². The molecule has 1 heterocycles. The molecular weight excluding hydrogens is 160 g/mol. The highest BCUT2D eigenvalue weighted by Crippen LogP contribution is 2.12. The SMILES string of the molecule is NC(=O)/C=C/C1CC(S)CN1. The molecule has 0 saturated carbocycles. The van der Waals surface area contributed by atoms with E-state index in [1.54, 1.807) is 6.08 Å². The first kappa shape index (κ1) is 8.62. The Balaban J connectivity index is 2.33. The van der Waals surface area contributed by atoms with Crippen LogP contribution in [0.4, 0.5) is 0 Å². The molecule has 1 rings (SSSR count). The maximum atomic E-state index is 10.3. The smallest absolute Gasteiger partial charge is 0.241 e. The van der Waals surface area contributed by atoms with Crippen molar-refractivity contribution in [3.05, 3.63) is 12.2 Å². The minimum Gasteiger partial charge on any atom is -0.366 e. The number of carbonyl (C=O) groups is 1. The van der Waals surface area contributed by atoms with Crippen LogP contribution in [0.2, 0.25) is 0 Å². The third-order valence-electron chi connectivity index (χ3n) is 1.63. The number of amides is 1. The van der Waals surface area contributed by atoms with Gasteiger partial charge in [0.05, 0.1) is 0 Å². The Hall–Kier alpha value is -0.480. The minimum absolute atomic E-state index is 0.269. The Morgan fingerprint density at radius 1 is 1.73 bits per heavy atom. The van der Waals surface area contributed by atoms with E-state index in [9.17, 15) is 4.79 Å². The third-order valence-corrected chi connectivity index (χ3v) is 2.03. The molecule has 1 aliphatic rings. The molecule has 11 heavy (non-hydrogen) atoms. The Morgan fingerprint density at radius 3 is 2.91 bits per heavy atom. The fraction of sp³-hybridized carbons (Fsp3) is 0.571. The largest absolute Gasteiger partial charge is 0.366 e. The average Bonchev–Trinajstić information content (AvgIpc) is 2.31. The van der Waals surface area contributed by atoms with Gasteiger partial charge in [0.1, 0.15) is 0 Å². The van der Waals surface area contributed by atoms with Crippen LogP contribution >= 0.6 is 12.6 Å². The van der Waals surface area contributed by atoms with E-state index in [0.29, 0.717) is 5.25 Å². The molecule has 1 amide bonds. The van der Waals surface area contributed by atoms with E-state index in [0.717, 1.165) is 13.0 Å². The molecule has 1 saturated heterocycles. The molecule has 0 aromatic heterocycles. The van der Waals surface area contributed by atoms with E-state index in [2.05, 4.69) is 17.9 Å². The summed E-state index contributed by atoms with van der Waals surface area (Å²) in [7, 11) is 0. The van der Waals surface area contributed by atoms with E-state index in [1.165, 1.54) is 6.08 Å². The average molecular weight is 172 g/mol. The van der Waals surface area contributed by atoms with Gasteiger partial charge in [0, 0.05) is 23.9 Å². The van der Waals surface area contributed by atoms with E-state index in [1.807, 2.05) is 0 Å². The van der Waals surface area contributed by atoms with Crippen molar-refractivity contribution in [3.8, 4) is 0 Å². The molecule has 0 bridgehead atoms. The predicted octanol–water partition coefficient (Wildman–Crippen LogP) is -0.312. The van der Waals surface area contributed by atoms with Crippen molar-refractivity contribution in [2.75, 3.05) is 6.54 Å². The van der Waals surface area contributed by atoms with Gasteiger partial charge in [-0.15, -0.1) is 0 Å². The first-order valence-electron chi connectivity index (χ1n) is 3.57. The zero-order valence-corrected chi connectivity index (χ0v) is 7.05. The quantitative estimate of drug-likeness (QED) is 0.395. The molecule has 0 aliphatic carbocycles. The zero-order chi connectivity index (χ0) is 8.27. The number of primary amides is 1. The first-order valence-corrected chi connectivity index (χ1v) is 4.09. The molecule has 2 atom stereocenters. The predicted molar refractivity (Wildman–Crippen MR) is 47.5 cm³/mol. The topological polar surface area (TPSA) is 55.1 Å². The maximum Gasteiger partial charge on any atom is 0.241 e. The highest BCUT2D eigenvalue weighted by Gasteiger charge is 2.18. The van der Waals surface area contributed by atoms with Crippen LogP contribution in [0.3, 0.4) is 0 Å². The number of hydrogen-bond donors (Lipinski definition) is 3. The molecule has 0 radical (unpaired) electrons. The summed E-state index contributed by atoms with van der Waals surface area (Å²) < 4.78 is 0. The second-order valence-electron chi connectivity index (χ2n) is 2.67. The van der Waals surface area contributed by atoms with Crippen LogP contribution in [0, 0.1) is 0 Å². The summed E-state index contributed by atoms with van der Waals surface area (Å²) in [5, 5.41) is 3.59. The van der Waals surface area contributed by atoms with Crippen molar-refractivity contribution in [3.63, 3.8) is 0 Å². The van der Waals surface area contributed by atoms with Crippen LogP contribution in [-0.2, 0) is 4.79 Å². The Kier molecular flexibility index (Phi) is 2.96. The van der Waals surface area contributed by atoms with Gasteiger partial charge in [0.15, 0.2) is 0 Å². The van der Waals surface area contributed by atoms with Crippen LogP contribution in [0.1, 0.15) is 6.42 Å². The molecule has 62 valence electrons. The van der Waals surface area contributed by atoms with Gasteiger partial charge in [0.25, 0.3) is 0 Å². The third kappa shape index (κ3) is 2.95. The van der Waals surface area contributed by atoms with Crippen LogP contribution < -0.4 is 11.1 Å². The van der Waals surface area contributed by atoms with Crippen LogP contribution in [-0.4, -0.2) is 23.7 Å². The van der Waals surface area contributed by atoms with Crippen molar-refractivity contribution in [2.45, 2.75) is 17.7 Å².